The summed E-state index contributed by atoms with van der Waals surface area (Å²) < 4.78 is 18.5. The Labute approximate surface area is 162 Å². The molecule has 1 aromatic carbocycles. The molecule has 0 saturated heterocycles. The standard InChI is InChI=1S/C21H25FN2O4/c1-21(2,3)28-20(27)23-11-13(10-22)18(25)12-7-8-17-16(9-12)14-5-4-6-15(14)19(26)24-17/h7-10,18,25H,4-6,11H2,1-3H3,(H,23,27)(H,24,26)/b13-10-. The highest BCUT2D eigenvalue weighted by Crippen LogP contribution is 2.30. The summed E-state index contributed by atoms with van der Waals surface area (Å²) in [5, 5.41) is 13.9. The van der Waals surface area contributed by atoms with Gasteiger partial charge in [-0.15, -0.1) is 0 Å². The van der Waals surface area contributed by atoms with Crippen molar-refractivity contribution in [2.24, 2.45) is 0 Å². The van der Waals surface area contributed by atoms with E-state index >= 15 is 0 Å². The Hall–Kier alpha value is -2.67. The lowest BCUT2D eigenvalue weighted by Crippen LogP contribution is -2.34. The fourth-order valence-electron chi connectivity index (χ4n) is 3.48. The van der Waals surface area contributed by atoms with E-state index in [2.05, 4.69) is 10.3 Å². The Morgan fingerprint density at radius 1 is 1.36 bits per heavy atom. The predicted octanol–water partition coefficient (Wildman–Crippen LogP) is 3.43. The zero-order chi connectivity index (χ0) is 20.5. The Kier molecular flexibility index (Phi) is 5.56. The van der Waals surface area contributed by atoms with Gasteiger partial charge in [-0.25, -0.2) is 9.18 Å². The second-order valence-electron chi connectivity index (χ2n) is 8.01. The number of carbonyl (C=O) groups excluding carboxylic acids is 1. The molecule has 1 aliphatic rings. The van der Waals surface area contributed by atoms with Crippen LogP contribution in [0.5, 0.6) is 0 Å². The van der Waals surface area contributed by atoms with E-state index in [0.717, 1.165) is 35.8 Å². The third-order valence-electron chi connectivity index (χ3n) is 4.75. The summed E-state index contributed by atoms with van der Waals surface area (Å²) in [6.45, 7) is 5.00. The SMILES string of the molecule is CC(C)(C)OC(=O)NC/C(=C/F)C(O)c1ccc2[nH]c(=O)c3c(c2c1)CCC3. The molecule has 3 rings (SSSR count). The minimum atomic E-state index is -1.23. The van der Waals surface area contributed by atoms with Crippen molar-refractivity contribution in [3.8, 4) is 0 Å². The fourth-order valence-corrected chi connectivity index (χ4v) is 3.48. The molecule has 0 aliphatic heterocycles. The molecule has 1 atom stereocenters. The number of hydrogen-bond acceptors (Lipinski definition) is 4. The Morgan fingerprint density at radius 2 is 2.07 bits per heavy atom. The van der Waals surface area contributed by atoms with E-state index in [1.165, 1.54) is 0 Å². The number of nitrogens with one attached hydrogen (secondary N) is 2. The monoisotopic (exact) mass is 388 g/mol. The molecule has 1 unspecified atom stereocenters. The number of aryl methyl sites for hydroxylation is 1. The zero-order valence-electron chi connectivity index (χ0n) is 16.3. The van der Waals surface area contributed by atoms with E-state index in [1.807, 2.05) is 0 Å². The highest BCUT2D eigenvalue weighted by atomic mass is 19.1. The molecule has 3 N–H and O–H groups in total. The third kappa shape index (κ3) is 4.25. The number of fused-ring (bicyclic) bond motifs is 3. The first-order valence-corrected chi connectivity index (χ1v) is 9.31. The van der Waals surface area contributed by atoms with Crippen LogP contribution in [0.4, 0.5) is 9.18 Å². The van der Waals surface area contributed by atoms with Crippen molar-refractivity contribution in [1.29, 1.82) is 0 Å². The van der Waals surface area contributed by atoms with Gasteiger partial charge in [0.25, 0.3) is 5.56 Å². The lowest BCUT2D eigenvalue weighted by atomic mass is 9.97. The number of rotatable bonds is 4. The molecular formula is C21H25FN2O4. The summed E-state index contributed by atoms with van der Waals surface area (Å²) in [5.41, 5.74) is 2.23. The second kappa shape index (κ2) is 7.75. The van der Waals surface area contributed by atoms with Crippen LogP contribution in [0.3, 0.4) is 0 Å². The van der Waals surface area contributed by atoms with Gasteiger partial charge in [0.15, 0.2) is 0 Å². The van der Waals surface area contributed by atoms with E-state index in [4.69, 9.17) is 4.74 Å². The number of alkyl carbamates (subject to hydrolysis) is 1. The smallest absolute Gasteiger partial charge is 0.407 e. The van der Waals surface area contributed by atoms with E-state index in [1.54, 1.807) is 39.0 Å². The number of carbonyl (C=O) groups is 1. The van der Waals surface area contributed by atoms with E-state index in [-0.39, 0.29) is 17.7 Å². The van der Waals surface area contributed by atoms with Gasteiger partial charge in [0, 0.05) is 28.6 Å². The zero-order valence-corrected chi connectivity index (χ0v) is 16.3. The molecule has 1 aromatic heterocycles. The summed E-state index contributed by atoms with van der Waals surface area (Å²) in [6, 6.07) is 5.13. The summed E-state index contributed by atoms with van der Waals surface area (Å²) >= 11 is 0. The van der Waals surface area contributed by atoms with Gasteiger partial charge >= 0.3 is 6.09 Å². The largest absolute Gasteiger partial charge is 0.444 e. The second-order valence-corrected chi connectivity index (χ2v) is 8.01. The summed E-state index contributed by atoms with van der Waals surface area (Å²) in [6.07, 6.45) is 0.842. The van der Waals surface area contributed by atoms with Gasteiger partial charge in [-0.1, -0.05) is 6.07 Å². The van der Waals surface area contributed by atoms with Crippen LogP contribution in [0.2, 0.25) is 0 Å². The number of aromatic amines is 1. The van der Waals surface area contributed by atoms with Crippen LogP contribution >= 0.6 is 0 Å². The highest BCUT2D eigenvalue weighted by Gasteiger charge is 2.21. The van der Waals surface area contributed by atoms with Gasteiger partial charge < -0.3 is 20.1 Å². The van der Waals surface area contributed by atoms with Gasteiger partial charge in [-0.3, -0.25) is 4.79 Å². The van der Waals surface area contributed by atoms with Gasteiger partial charge in [0.2, 0.25) is 0 Å². The Balaban J connectivity index is 1.82. The first-order valence-electron chi connectivity index (χ1n) is 9.31. The van der Waals surface area contributed by atoms with Gasteiger partial charge in [0.1, 0.15) is 11.7 Å². The Morgan fingerprint density at radius 3 is 2.75 bits per heavy atom. The number of aliphatic hydroxyl groups is 1. The van der Waals surface area contributed by atoms with Crippen LogP contribution in [-0.2, 0) is 17.6 Å². The maximum absolute atomic E-state index is 13.4. The molecular weight excluding hydrogens is 363 g/mol. The molecule has 0 radical (unpaired) electrons. The number of hydrogen-bond donors (Lipinski definition) is 3. The molecule has 0 saturated carbocycles. The van der Waals surface area contributed by atoms with Crippen molar-refractivity contribution in [3.63, 3.8) is 0 Å². The van der Waals surface area contributed by atoms with Crippen LogP contribution < -0.4 is 10.9 Å². The minimum Gasteiger partial charge on any atom is -0.444 e. The van der Waals surface area contributed by atoms with Crippen molar-refractivity contribution in [2.75, 3.05) is 6.54 Å². The maximum Gasteiger partial charge on any atom is 0.407 e. The lowest BCUT2D eigenvalue weighted by molar-refractivity contribution is 0.0529. The van der Waals surface area contributed by atoms with Crippen molar-refractivity contribution in [1.82, 2.24) is 10.3 Å². The van der Waals surface area contributed by atoms with Gasteiger partial charge in [-0.05, 0) is 63.3 Å². The maximum atomic E-state index is 13.4. The van der Waals surface area contributed by atoms with Crippen molar-refractivity contribution in [3.05, 3.63) is 57.1 Å². The summed E-state index contributed by atoms with van der Waals surface area (Å²) in [4.78, 5) is 26.8. The molecule has 7 heteroatoms. The molecule has 28 heavy (non-hydrogen) atoms. The fraction of sp³-hybridized carbons (Fsp3) is 0.429. The molecule has 0 spiro atoms. The van der Waals surface area contributed by atoms with Crippen LogP contribution in [0.1, 0.15) is 50.0 Å². The van der Waals surface area contributed by atoms with Crippen LogP contribution in [-0.4, -0.2) is 28.3 Å². The molecule has 2 aromatic rings. The Bertz CT molecular complexity index is 988. The topological polar surface area (TPSA) is 91.4 Å². The third-order valence-corrected chi connectivity index (χ3v) is 4.75. The quantitative estimate of drug-likeness (QED) is 0.748. The summed E-state index contributed by atoms with van der Waals surface area (Å²) in [5.74, 6) is 0. The average molecular weight is 388 g/mol. The number of benzene rings is 1. The van der Waals surface area contributed by atoms with Crippen LogP contribution in [0, 0.1) is 0 Å². The predicted molar refractivity (Wildman–Crippen MR) is 105 cm³/mol. The number of aromatic nitrogens is 1. The number of H-pyrrole nitrogens is 1. The van der Waals surface area contributed by atoms with Crippen molar-refractivity contribution < 1.29 is 19.0 Å². The normalized spacial score (nSPS) is 15.4. The molecule has 0 fully saturated rings. The van der Waals surface area contributed by atoms with E-state index < -0.39 is 17.8 Å². The van der Waals surface area contributed by atoms with Gasteiger partial charge in [-0.2, -0.15) is 0 Å². The number of ether oxygens (including phenoxy) is 1. The van der Waals surface area contributed by atoms with Crippen LogP contribution in [0.15, 0.2) is 34.9 Å². The van der Waals surface area contributed by atoms with Gasteiger partial charge in [0.05, 0.1) is 6.33 Å². The molecule has 150 valence electrons. The molecule has 1 amide bonds. The molecule has 0 bridgehead atoms. The molecule has 6 nitrogen and oxygen atoms in total. The van der Waals surface area contributed by atoms with Crippen molar-refractivity contribution in [2.45, 2.75) is 51.7 Å². The number of pyridine rings is 1. The van der Waals surface area contributed by atoms with E-state index in [0.29, 0.717) is 17.4 Å². The highest BCUT2D eigenvalue weighted by molar-refractivity contribution is 5.84. The summed E-state index contributed by atoms with van der Waals surface area (Å²) in [7, 11) is 0. The average Bonchev–Trinajstić information content (AvgIpc) is 3.11. The first kappa shape index (κ1) is 20.1. The van der Waals surface area contributed by atoms with Crippen molar-refractivity contribution >= 4 is 17.0 Å². The first-order chi connectivity index (χ1) is 13.2. The van der Waals surface area contributed by atoms with E-state index in [9.17, 15) is 19.1 Å². The minimum absolute atomic E-state index is 0.00581. The molecule has 1 heterocycles. The number of amides is 1. The number of aliphatic hydroxyl groups excluding tert-OH is 1. The number of halogens is 1. The van der Waals surface area contributed by atoms with Crippen LogP contribution in [0.25, 0.3) is 10.9 Å². The molecule has 1 aliphatic carbocycles. The lowest BCUT2D eigenvalue weighted by Gasteiger charge is -2.21.